The maximum Gasteiger partial charge on any atom is 0.397 e. The molecule has 0 aromatic heterocycles. The molecule has 0 bridgehead atoms. The lowest BCUT2D eigenvalue weighted by Gasteiger charge is -2.35. The number of benzene rings is 2. The van der Waals surface area contributed by atoms with Gasteiger partial charge in [-0.25, -0.2) is 4.39 Å². The van der Waals surface area contributed by atoms with E-state index < -0.39 is 54.3 Å². The average molecular weight is 539 g/mol. The molecule has 1 saturated heterocycles. The quantitative estimate of drug-likeness (QED) is 0.295. The van der Waals surface area contributed by atoms with E-state index in [1.54, 1.807) is 36.4 Å². The van der Waals surface area contributed by atoms with Gasteiger partial charge in [0.1, 0.15) is 36.3 Å². The van der Waals surface area contributed by atoms with Crippen LogP contribution in [0.4, 0.5) is 17.6 Å². The van der Waals surface area contributed by atoms with Crippen LogP contribution in [0.15, 0.2) is 42.5 Å². The minimum atomic E-state index is -4.28. The Labute approximate surface area is 218 Å². The highest BCUT2D eigenvalue weighted by molar-refractivity contribution is 5.66. The van der Waals surface area contributed by atoms with Gasteiger partial charge in [0.2, 0.25) is 0 Å². The van der Waals surface area contributed by atoms with Crippen molar-refractivity contribution in [3.05, 3.63) is 65.0 Å². The molecule has 1 aliphatic heterocycles. The van der Waals surface area contributed by atoms with Crippen molar-refractivity contribution in [3.8, 4) is 5.75 Å². The van der Waals surface area contributed by atoms with Crippen molar-refractivity contribution in [3.63, 3.8) is 0 Å². The molecule has 2 aromatic rings. The van der Waals surface area contributed by atoms with Crippen molar-refractivity contribution in [1.29, 1.82) is 0 Å². The van der Waals surface area contributed by atoms with E-state index in [1.807, 2.05) is 0 Å². The van der Waals surface area contributed by atoms with Crippen LogP contribution in [0.3, 0.4) is 0 Å². The fraction of sp³-hybridized carbons (Fsp3) is 0.500. The highest BCUT2D eigenvalue weighted by Gasteiger charge is 2.63. The smallest absolute Gasteiger partial charge is 0.397 e. The van der Waals surface area contributed by atoms with Gasteiger partial charge in [-0.2, -0.15) is 13.2 Å². The van der Waals surface area contributed by atoms with E-state index in [-0.39, 0.29) is 25.9 Å². The fourth-order valence-electron chi connectivity index (χ4n) is 4.57. The minimum absolute atomic E-state index is 0.0101. The van der Waals surface area contributed by atoms with Crippen molar-refractivity contribution < 1.29 is 46.1 Å². The fourth-order valence-corrected chi connectivity index (χ4v) is 4.57. The predicted octanol–water partition coefficient (Wildman–Crippen LogP) is 5.85. The Morgan fingerprint density at radius 2 is 1.74 bits per heavy atom. The molecule has 2 aromatic carbocycles. The first-order chi connectivity index (χ1) is 17.9. The van der Waals surface area contributed by atoms with E-state index in [4.69, 9.17) is 18.9 Å². The first-order valence-electron chi connectivity index (χ1n) is 12.5. The molecule has 1 saturated carbocycles. The number of ether oxygens (including phenoxy) is 4. The second kappa shape index (κ2) is 11.3. The Bertz CT molecular complexity index is 1140. The lowest BCUT2D eigenvalue weighted by Crippen LogP contribution is -2.36. The van der Waals surface area contributed by atoms with Crippen LogP contribution < -0.4 is 4.74 Å². The van der Waals surface area contributed by atoms with Crippen LogP contribution in [0, 0.1) is 11.2 Å². The van der Waals surface area contributed by atoms with Crippen molar-refractivity contribution in [1.82, 2.24) is 0 Å². The van der Waals surface area contributed by atoms with Gasteiger partial charge in [-0.1, -0.05) is 18.2 Å². The largest absolute Gasteiger partial charge is 0.493 e. The summed E-state index contributed by atoms with van der Waals surface area (Å²) >= 11 is 0. The third-order valence-corrected chi connectivity index (χ3v) is 6.89. The van der Waals surface area contributed by atoms with Gasteiger partial charge >= 0.3 is 18.1 Å². The molecule has 3 unspecified atom stereocenters. The van der Waals surface area contributed by atoms with Gasteiger partial charge in [0.15, 0.2) is 0 Å². The van der Waals surface area contributed by atoms with Gasteiger partial charge in [-0.05, 0) is 53.8 Å². The van der Waals surface area contributed by atoms with Crippen LogP contribution >= 0.6 is 0 Å². The summed E-state index contributed by atoms with van der Waals surface area (Å²) in [4.78, 5) is 22.8. The highest BCUT2D eigenvalue weighted by Crippen LogP contribution is 2.57. The number of alkyl halides is 3. The third kappa shape index (κ3) is 7.03. The van der Waals surface area contributed by atoms with Crippen LogP contribution in [0.25, 0.3) is 0 Å². The summed E-state index contributed by atoms with van der Waals surface area (Å²) in [7, 11) is 0. The summed E-state index contributed by atoms with van der Waals surface area (Å²) in [5, 5.41) is 0. The maximum absolute atomic E-state index is 14.7. The molecule has 2 fully saturated rings. The summed E-state index contributed by atoms with van der Waals surface area (Å²) in [6, 6.07) is 11.2. The predicted molar refractivity (Wildman–Crippen MR) is 128 cm³/mol. The molecular formula is C28H30F4O6. The van der Waals surface area contributed by atoms with E-state index >= 15 is 0 Å². The van der Waals surface area contributed by atoms with Gasteiger partial charge in [-0.15, -0.1) is 0 Å². The normalized spacial score (nSPS) is 22.4. The zero-order chi connectivity index (χ0) is 27.5. The lowest BCUT2D eigenvalue weighted by molar-refractivity contribution is -0.194. The molecule has 2 aliphatic rings. The van der Waals surface area contributed by atoms with E-state index in [0.29, 0.717) is 29.7 Å². The molecular weight excluding hydrogens is 508 g/mol. The van der Waals surface area contributed by atoms with E-state index in [1.165, 1.54) is 19.9 Å². The molecule has 0 radical (unpaired) electrons. The monoisotopic (exact) mass is 538 g/mol. The van der Waals surface area contributed by atoms with Crippen LogP contribution in [-0.4, -0.2) is 43.5 Å². The van der Waals surface area contributed by atoms with Crippen LogP contribution in [0.2, 0.25) is 0 Å². The summed E-state index contributed by atoms with van der Waals surface area (Å²) in [6.45, 7) is 2.20. The Balaban J connectivity index is 1.43. The lowest BCUT2D eigenvalue weighted by atomic mass is 9.93. The number of esters is 2. The standard InChI is InChI=1S/C28H30F4O6/c1-17(33)35-15-24-13-23(37-18(2)34)14-26(38-24)20-5-8-25(29)21(12-20)11-19-3-6-22(7-4-19)36-16-27(9-10-27)28(30,31)32/h3-8,12,23-24,26H,9-11,13-16H2,1-2H3. The number of rotatable bonds is 9. The molecule has 3 atom stereocenters. The SMILES string of the molecule is CC(=O)OCC1CC(OC(C)=O)CC(c2ccc(F)c(Cc3ccc(OCC4(C(F)(F)F)CC4)cc3)c2)O1. The van der Waals surface area contributed by atoms with E-state index in [0.717, 1.165) is 5.56 Å². The van der Waals surface area contributed by atoms with E-state index in [9.17, 15) is 27.2 Å². The Morgan fingerprint density at radius 3 is 2.34 bits per heavy atom. The summed E-state index contributed by atoms with van der Waals surface area (Å²) in [5.41, 5.74) is 0.0931. The Hall–Kier alpha value is -3.14. The number of carbonyl (C=O) groups is 2. The first-order valence-corrected chi connectivity index (χ1v) is 12.5. The Morgan fingerprint density at radius 1 is 1.03 bits per heavy atom. The summed E-state index contributed by atoms with van der Waals surface area (Å²) < 4.78 is 76.0. The van der Waals surface area contributed by atoms with Crippen molar-refractivity contribution >= 4 is 11.9 Å². The third-order valence-electron chi connectivity index (χ3n) is 6.89. The first kappa shape index (κ1) is 27.9. The molecule has 206 valence electrons. The molecule has 0 amide bonds. The zero-order valence-corrected chi connectivity index (χ0v) is 21.2. The van der Waals surface area contributed by atoms with Crippen LogP contribution in [-0.2, 0) is 30.2 Å². The second-order valence-electron chi connectivity index (χ2n) is 9.99. The molecule has 0 spiro atoms. The molecule has 1 heterocycles. The number of halogens is 4. The van der Waals surface area contributed by atoms with Crippen molar-refractivity contribution in [2.24, 2.45) is 5.41 Å². The summed E-state index contributed by atoms with van der Waals surface area (Å²) in [6.07, 6.45) is -4.60. The molecule has 6 nitrogen and oxygen atoms in total. The molecule has 1 aliphatic carbocycles. The topological polar surface area (TPSA) is 71.1 Å². The molecule has 0 N–H and O–H groups in total. The van der Waals surface area contributed by atoms with Gasteiger partial charge in [0.05, 0.1) is 12.2 Å². The van der Waals surface area contributed by atoms with Gasteiger partial charge in [-0.3, -0.25) is 9.59 Å². The van der Waals surface area contributed by atoms with Crippen LogP contribution in [0.5, 0.6) is 5.75 Å². The van der Waals surface area contributed by atoms with Gasteiger partial charge in [0, 0.05) is 33.1 Å². The average Bonchev–Trinajstić information content (AvgIpc) is 3.65. The minimum Gasteiger partial charge on any atom is -0.493 e. The number of hydrogen-bond donors (Lipinski definition) is 0. The van der Waals surface area contributed by atoms with E-state index in [2.05, 4.69) is 0 Å². The second-order valence-corrected chi connectivity index (χ2v) is 9.99. The zero-order valence-electron chi connectivity index (χ0n) is 21.2. The molecule has 10 heteroatoms. The Kier molecular flexibility index (Phi) is 8.30. The number of hydrogen-bond acceptors (Lipinski definition) is 6. The summed E-state index contributed by atoms with van der Waals surface area (Å²) in [5.74, 6) is -0.976. The van der Waals surface area contributed by atoms with Crippen molar-refractivity contribution in [2.45, 2.75) is 70.4 Å². The molecule has 38 heavy (non-hydrogen) atoms. The maximum atomic E-state index is 14.7. The van der Waals surface area contributed by atoms with Gasteiger partial charge < -0.3 is 18.9 Å². The highest BCUT2D eigenvalue weighted by atomic mass is 19.4. The van der Waals surface area contributed by atoms with Crippen molar-refractivity contribution in [2.75, 3.05) is 13.2 Å². The van der Waals surface area contributed by atoms with Crippen LogP contribution in [0.1, 0.15) is 62.3 Å². The molecule has 4 rings (SSSR count). The number of carbonyl (C=O) groups excluding carboxylic acids is 2. The van der Waals surface area contributed by atoms with Gasteiger partial charge in [0.25, 0.3) is 0 Å².